The van der Waals surface area contributed by atoms with Crippen molar-refractivity contribution in [2.45, 2.75) is 85.0 Å². The van der Waals surface area contributed by atoms with Crippen LogP contribution in [0.1, 0.15) is 85.0 Å². The van der Waals surface area contributed by atoms with Gasteiger partial charge in [-0.15, -0.1) is 0 Å². The average molecular weight is 306 g/mol. The Kier molecular flexibility index (Phi) is 12.6. The second-order valence-electron chi connectivity index (χ2n) is 5.69. The number of rotatable bonds is 14. The van der Waals surface area contributed by atoms with E-state index in [0.717, 1.165) is 51.6 Å². The quantitative estimate of drug-likeness (QED) is 0.441. The number of sulfonamides is 1. The van der Waals surface area contributed by atoms with Crippen LogP contribution < -0.4 is 0 Å². The molecule has 0 unspecified atom stereocenters. The van der Waals surface area contributed by atoms with Gasteiger partial charge >= 0.3 is 0 Å². The van der Waals surface area contributed by atoms with Gasteiger partial charge in [0.25, 0.3) is 0 Å². The van der Waals surface area contributed by atoms with Crippen molar-refractivity contribution in [1.82, 2.24) is 4.31 Å². The van der Waals surface area contributed by atoms with Crippen molar-refractivity contribution in [3.8, 4) is 0 Å². The molecular weight excluding hydrogens is 270 g/mol. The van der Waals surface area contributed by atoms with Gasteiger partial charge in [-0.25, -0.2) is 12.7 Å². The molecule has 0 rings (SSSR count). The Morgan fingerprint density at radius 3 is 1.50 bits per heavy atom. The smallest absolute Gasteiger partial charge is 0.212 e. The van der Waals surface area contributed by atoms with Gasteiger partial charge < -0.3 is 0 Å². The molecule has 0 atom stereocenters. The summed E-state index contributed by atoms with van der Waals surface area (Å²) in [6.45, 7) is 7.85. The second kappa shape index (κ2) is 12.6. The lowest BCUT2D eigenvalue weighted by Gasteiger charge is -2.22. The first kappa shape index (κ1) is 19.9. The minimum atomic E-state index is -3.03. The summed E-state index contributed by atoms with van der Waals surface area (Å²) in [4.78, 5) is 0. The molecule has 0 radical (unpaired) electrons. The van der Waals surface area contributed by atoms with Crippen molar-refractivity contribution < 1.29 is 8.42 Å². The topological polar surface area (TPSA) is 37.4 Å². The second-order valence-corrected chi connectivity index (χ2v) is 7.78. The van der Waals surface area contributed by atoms with E-state index in [1.807, 2.05) is 6.92 Å². The third kappa shape index (κ3) is 9.76. The van der Waals surface area contributed by atoms with Gasteiger partial charge in [0.15, 0.2) is 0 Å². The SMILES string of the molecule is CCCCCCN(CCCCCC)S(=O)(=O)CCCC. The van der Waals surface area contributed by atoms with E-state index in [2.05, 4.69) is 13.8 Å². The van der Waals surface area contributed by atoms with E-state index in [-0.39, 0.29) is 0 Å². The van der Waals surface area contributed by atoms with Gasteiger partial charge in [0.05, 0.1) is 5.75 Å². The molecule has 0 aromatic heterocycles. The van der Waals surface area contributed by atoms with Crippen molar-refractivity contribution in [3.05, 3.63) is 0 Å². The number of hydrogen-bond acceptors (Lipinski definition) is 2. The normalized spacial score (nSPS) is 12.2. The van der Waals surface area contributed by atoms with Crippen molar-refractivity contribution in [2.24, 2.45) is 0 Å². The molecule has 0 spiro atoms. The summed E-state index contributed by atoms with van der Waals surface area (Å²) in [5.74, 6) is 0.324. The van der Waals surface area contributed by atoms with Crippen LogP contribution in [-0.2, 0) is 10.0 Å². The summed E-state index contributed by atoms with van der Waals surface area (Å²) in [7, 11) is -3.03. The first-order valence-corrected chi connectivity index (χ1v) is 10.2. The van der Waals surface area contributed by atoms with Crippen molar-refractivity contribution in [3.63, 3.8) is 0 Å². The molecule has 0 saturated heterocycles. The van der Waals surface area contributed by atoms with E-state index >= 15 is 0 Å². The Morgan fingerprint density at radius 1 is 0.650 bits per heavy atom. The van der Waals surface area contributed by atoms with Crippen molar-refractivity contribution >= 4 is 10.0 Å². The molecule has 0 aliphatic carbocycles. The fraction of sp³-hybridized carbons (Fsp3) is 1.00. The highest BCUT2D eigenvalue weighted by molar-refractivity contribution is 7.89. The molecule has 0 aliphatic rings. The summed E-state index contributed by atoms with van der Waals surface area (Å²) >= 11 is 0. The number of unbranched alkanes of at least 4 members (excludes halogenated alkanes) is 7. The molecule has 0 fully saturated rings. The largest absolute Gasteiger partial charge is 0.214 e. The number of hydrogen-bond donors (Lipinski definition) is 0. The maximum atomic E-state index is 12.3. The summed E-state index contributed by atoms with van der Waals surface area (Å²) < 4.78 is 26.4. The van der Waals surface area contributed by atoms with E-state index in [1.54, 1.807) is 4.31 Å². The minimum Gasteiger partial charge on any atom is -0.212 e. The zero-order chi connectivity index (χ0) is 15.3. The molecule has 0 bridgehead atoms. The minimum absolute atomic E-state index is 0.324. The van der Waals surface area contributed by atoms with Gasteiger partial charge in [-0.05, 0) is 19.3 Å². The van der Waals surface area contributed by atoms with Crippen LogP contribution in [0.25, 0.3) is 0 Å². The molecular formula is C16H35NO2S. The molecule has 4 heteroatoms. The lowest BCUT2D eigenvalue weighted by molar-refractivity contribution is 0.385. The predicted octanol–water partition coefficient (Wildman–Crippen LogP) is 4.58. The Morgan fingerprint density at radius 2 is 1.10 bits per heavy atom. The Hall–Kier alpha value is -0.0900. The maximum absolute atomic E-state index is 12.3. The lowest BCUT2D eigenvalue weighted by atomic mass is 10.2. The van der Waals surface area contributed by atoms with Crippen molar-refractivity contribution in [2.75, 3.05) is 18.8 Å². The highest BCUT2D eigenvalue weighted by Gasteiger charge is 2.20. The van der Waals surface area contributed by atoms with E-state index in [9.17, 15) is 8.42 Å². The van der Waals surface area contributed by atoms with Gasteiger partial charge in [0.1, 0.15) is 0 Å². The van der Waals surface area contributed by atoms with E-state index in [4.69, 9.17) is 0 Å². The van der Waals surface area contributed by atoms with Crippen LogP contribution in [0.5, 0.6) is 0 Å². The average Bonchev–Trinajstić information content (AvgIpc) is 2.43. The van der Waals surface area contributed by atoms with Gasteiger partial charge in [-0.2, -0.15) is 0 Å². The molecule has 0 aromatic rings. The van der Waals surface area contributed by atoms with E-state index in [0.29, 0.717) is 5.75 Å². The highest BCUT2D eigenvalue weighted by Crippen LogP contribution is 2.11. The van der Waals surface area contributed by atoms with Gasteiger partial charge in [-0.3, -0.25) is 0 Å². The molecule has 0 saturated carbocycles. The fourth-order valence-electron chi connectivity index (χ4n) is 2.28. The Balaban J connectivity index is 4.28. The molecule has 0 N–H and O–H groups in total. The standard InChI is InChI=1S/C16H35NO2S/c1-4-7-10-12-14-17(15-13-11-8-5-2)20(18,19)16-9-6-3/h4-16H2,1-3H3. The van der Waals surface area contributed by atoms with Crippen LogP contribution in [0, 0.1) is 0 Å². The summed E-state index contributed by atoms with van der Waals surface area (Å²) in [6, 6.07) is 0. The zero-order valence-electron chi connectivity index (χ0n) is 13.9. The third-order valence-electron chi connectivity index (χ3n) is 3.67. The predicted molar refractivity (Wildman–Crippen MR) is 88.6 cm³/mol. The molecule has 122 valence electrons. The summed E-state index contributed by atoms with van der Waals surface area (Å²) in [5.41, 5.74) is 0. The first-order chi connectivity index (χ1) is 9.58. The highest BCUT2D eigenvalue weighted by atomic mass is 32.2. The van der Waals surface area contributed by atoms with Gasteiger partial charge in [-0.1, -0.05) is 65.7 Å². The molecule has 0 aromatic carbocycles. The molecule has 0 amide bonds. The first-order valence-electron chi connectivity index (χ1n) is 8.56. The van der Waals surface area contributed by atoms with Crippen molar-refractivity contribution in [1.29, 1.82) is 0 Å². The molecule has 3 nitrogen and oxygen atoms in total. The third-order valence-corrected chi connectivity index (χ3v) is 5.63. The van der Waals surface area contributed by atoms with Crippen LogP contribution in [0.3, 0.4) is 0 Å². The van der Waals surface area contributed by atoms with Crippen LogP contribution in [-0.4, -0.2) is 31.6 Å². The molecule has 0 aliphatic heterocycles. The monoisotopic (exact) mass is 305 g/mol. The maximum Gasteiger partial charge on any atom is 0.214 e. The molecule has 0 heterocycles. The Labute approximate surface area is 127 Å². The molecule has 20 heavy (non-hydrogen) atoms. The van der Waals surface area contributed by atoms with E-state index < -0.39 is 10.0 Å². The van der Waals surface area contributed by atoms with E-state index in [1.165, 1.54) is 25.7 Å². The lowest BCUT2D eigenvalue weighted by Crippen LogP contribution is -2.34. The van der Waals surface area contributed by atoms with Crippen LogP contribution >= 0.6 is 0 Å². The summed E-state index contributed by atoms with van der Waals surface area (Å²) in [6.07, 6.45) is 10.8. The van der Waals surface area contributed by atoms with Gasteiger partial charge in [0.2, 0.25) is 10.0 Å². The van der Waals surface area contributed by atoms with Gasteiger partial charge in [0, 0.05) is 13.1 Å². The fourth-order valence-corrected chi connectivity index (χ4v) is 4.00. The number of nitrogens with zero attached hydrogens (tertiary/aromatic N) is 1. The zero-order valence-corrected chi connectivity index (χ0v) is 14.7. The summed E-state index contributed by atoms with van der Waals surface area (Å²) in [5, 5.41) is 0. The van der Waals surface area contributed by atoms with Crippen LogP contribution in [0.15, 0.2) is 0 Å². The Bertz CT molecular complexity index is 290. The van der Waals surface area contributed by atoms with Crippen LogP contribution in [0.4, 0.5) is 0 Å². The van der Waals surface area contributed by atoms with Crippen LogP contribution in [0.2, 0.25) is 0 Å².